The molecule has 1 aliphatic rings. The van der Waals surface area contributed by atoms with Gasteiger partial charge in [-0.25, -0.2) is 0 Å². The highest BCUT2D eigenvalue weighted by atomic mass is 19.3. The molecule has 5 heteroatoms. The second-order valence-corrected chi connectivity index (χ2v) is 4.61. The highest BCUT2D eigenvalue weighted by Gasteiger charge is 2.18. The van der Waals surface area contributed by atoms with E-state index in [0.717, 1.165) is 38.8 Å². The molecule has 0 saturated carbocycles. The van der Waals surface area contributed by atoms with Crippen LogP contribution in [0.2, 0.25) is 0 Å². The summed E-state index contributed by atoms with van der Waals surface area (Å²) in [5.41, 5.74) is 0.403. The number of benzene rings is 1. The molecule has 1 aromatic carbocycles. The molecule has 1 aromatic rings. The Morgan fingerprint density at radius 1 is 1.16 bits per heavy atom. The first-order chi connectivity index (χ1) is 9.16. The molecule has 0 N–H and O–H groups in total. The van der Waals surface area contributed by atoms with E-state index >= 15 is 0 Å². The van der Waals surface area contributed by atoms with Crippen molar-refractivity contribution in [3.05, 3.63) is 29.8 Å². The molecular formula is C14H17F2NO2. The van der Waals surface area contributed by atoms with Crippen molar-refractivity contribution in [2.75, 3.05) is 13.1 Å². The Morgan fingerprint density at radius 3 is 2.47 bits per heavy atom. The van der Waals surface area contributed by atoms with Crippen molar-refractivity contribution >= 4 is 5.91 Å². The quantitative estimate of drug-likeness (QED) is 0.842. The van der Waals surface area contributed by atoms with E-state index in [9.17, 15) is 13.6 Å². The van der Waals surface area contributed by atoms with Crippen molar-refractivity contribution in [1.29, 1.82) is 0 Å². The van der Waals surface area contributed by atoms with Crippen molar-refractivity contribution in [2.45, 2.75) is 32.3 Å². The number of carbonyl (C=O) groups is 1. The summed E-state index contributed by atoms with van der Waals surface area (Å²) in [5, 5.41) is 0. The average molecular weight is 269 g/mol. The van der Waals surface area contributed by atoms with Crippen LogP contribution in [-0.4, -0.2) is 30.5 Å². The molecule has 1 saturated heterocycles. The third-order valence-electron chi connectivity index (χ3n) is 3.20. The maximum absolute atomic E-state index is 12.3. The second kappa shape index (κ2) is 6.50. The van der Waals surface area contributed by atoms with E-state index in [1.54, 1.807) is 17.0 Å². The van der Waals surface area contributed by atoms with Gasteiger partial charge in [0.05, 0.1) is 0 Å². The first-order valence-corrected chi connectivity index (χ1v) is 6.51. The van der Waals surface area contributed by atoms with Gasteiger partial charge in [0.2, 0.25) is 0 Å². The van der Waals surface area contributed by atoms with E-state index in [-0.39, 0.29) is 11.7 Å². The molecule has 0 aromatic heterocycles. The number of ether oxygens (including phenoxy) is 1. The average Bonchev–Trinajstić information content (AvgIpc) is 2.66. The molecule has 0 radical (unpaired) electrons. The van der Waals surface area contributed by atoms with Gasteiger partial charge in [-0.3, -0.25) is 4.79 Å². The first kappa shape index (κ1) is 13.8. The van der Waals surface area contributed by atoms with Gasteiger partial charge in [0.1, 0.15) is 5.75 Å². The summed E-state index contributed by atoms with van der Waals surface area (Å²) < 4.78 is 28.6. The Labute approximate surface area is 111 Å². The lowest BCUT2D eigenvalue weighted by atomic mass is 10.2. The lowest BCUT2D eigenvalue weighted by Crippen LogP contribution is -2.31. The van der Waals surface area contributed by atoms with Gasteiger partial charge >= 0.3 is 6.61 Å². The van der Waals surface area contributed by atoms with Gasteiger partial charge in [0.25, 0.3) is 5.91 Å². The van der Waals surface area contributed by atoms with Gasteiger partial charge in [-0.15, -0.1) is 0 Å². The topological polar surface area (TPSA) is 29.5 Å². The van der Waals surface area contributed by atoms with Crippen LogP contribution in [0.15, 0.2) is 24.3 Å². The second-order valence-electron chi connectivity index (χ2n) is 4.61. The van der Waals surface area contributed by atoms with Crippen molar-refractivity contribution in [1.82, 2.24) is 4.90 Å². The molecular weight excluding hydrogens is 252 g/mol. The minimum atomic E-state index is -2.87. The zero-order valence-electron chi connectivity index (χ0n) is 10.6. The summed E-state index contributed by atoms with van der Waals surface area (Å²) >= 11 is 0. The molecule has 1 heterocycles. The van der Waals surface area contributed by atoms with Gasteiger partial charge in [-0.1, -0.05) is 18.9 Å². The Kier molecular flexibility index (Phi) is 4.71. The van der Waals surface area contributed by atoms with Crippen LogP contribution in [0.25, 0.3) is 0 Å². The number of halogens is 2. The standard InChI is InChI=1S/C14H17F2NO2/c15-14(16)19-12-7-5-6-11(10-12)13(18)17-8-3-1-2-4-9-17/h5-7,10,14H,1-4,8-9H2. The molecule has 2 rings (SSSR count). The number of nitrogens with zero attached hydrogens (tertiary/aromatic N) is 1. The summed E-state index contributed by atoms with van der Waals surface area (Å²) in [5.74, 6) is -0.0858. The third kappa shape index (κ3) is 3.91. The highest BCUT2D eigenvalue weighted by molar-refractivity contribution is 5.94. The van der Waals surface area contributed by atoms with Crippen LogP contribution < -0.4 is 4.74 Å². The van der Waals surface area contributed by atoms with Crippen LogP contribution >= 0.6 is 0 Å². The van der Waals surface area contributed by atoms with Crippen LogP contribution in [-0.2, 0) is 0 Å². The van der Waals surface area contributed by atoms with E-state index in [2.05, 4.69) is 4.74 Å². The molecule has 1 fully saturated rings. The number of likely N-dealkylation sites (tertiary alicyclic amines) is 1. The van der Waals surface area contributed by atoms with Gasteiger partial charge in [-0.05, 0) is 31.0 Å². The van der Waals surface area contributed by atoms with Gasteiger partial charge in [0.15, 0.2) is 0 Å². The van der Waals surface area contributed by atoms with Gasteiger partial charge in [-0.2, -0.15) is 8.78 Å². The molecule has 1 amide bonds. The summed E-state index contributed by atoms with van der Waals surface area (Å²) in [6.45, 7) is -1.40. The fourth-order valence-corrected chi connectivity index (χ4v) is 2.26. The Hall–Kier alpha value is -1.65. The molecule has 3 nitrogen and oxygen atoms in total. The van der Waals surface area contributed by atoms with E-state index in [0.29, 0.717) is 5.56 Å². The van der Waals surface area contributed by atoms with Crippen LogP contribution in [0.4, 0.5) is 8.78 Å². The smallest absolute Gasteiger partial charge is 0.387 e. The van der Waals surface area contributed by atoms with Crippen molar-refractivity contribution in [2.24, 2.45) is 0 Å². The van der Waals surface area contributed by atoms with Crippen LogP contribution in [0.1, 0.15) is 36.0 Å². The first-order valence-electron chi connectivity index (χ1n) is 6.51. The summed E-state index contributed by atoms with van der Waals surface area (Å²) in [6, 6.07) is 5.99. The minimum absolute atomic E-state index is 0.0238. The predicted octanol–water partition coefficient (Wildman–Crippen LogP) is 3.30. The maximum atomic E-state index is 12.3. The van der Waals surface area contributed by atoms with Gasteiger partial charge in [0, 0.05) is 18.7 Å². The molecule has 19 heavy (non-hydrogen) atoms. The monoisotopic (exact) mass is 269 g/mol. The minimum Gasteiger partial charge on any atom is -0.435 e. The van der Waals surface area contributed by atoms with E-state index < -0.39 is 6.61 Å². The zero-order chi connectivity index (χ0) is 13.7. The van der Waals surface area contributed by atoms with E-state index in [4.69, 9.17) is 0 Å². The van der Waals surface area contributed by atoms with Gasteiger partial charge < -0.3 is 9.64 Å². The molecule has 0 spiro atoms. The van der Waals surface area contributed by atoms with E-state index in [1.165, 1.54) is 12.1 Å². The van der Waals surface area contributed by atoms with E-state index in [1.807, 2.05) is 0 Å². The molecule has 0 bridgehead atoms. The third-order valence-corrected chi connectivity index (χ3v) is 3.20. The summed E-state index contributed by atoms with van der Waals surface area (Å²) in [6.07, 6.45) is 4.27. The lowest BCUT2D eigenvalue weighted by Gasteiger charge is -2.20. The molecule has 1 aliphatic heterocycles. The van der Waals surface area contributed by atoms with Crippen molar-refractivity contribution in [3.63, 3.8) is 0 Å². The molecule has 0 aliphatic carbocycles. The maximum Gasteiger partial charge on any atom is 0.387 e. The largest absolute Gasteiger partial charge is 0.435 e. The number of hydrogen-bond acceptors (Lipinski definition) is 2. The summed E-state index contributed by atoms with van der Waals surface area (Å²) in [4.78, 5) is 14.1. The van der Waals surface area contributed by atoms with Crippen LogP contribution in [0.3, 0.4) is 0 Å². The highest BCUT2D eigenvalue weighted by Crippen LogP contribution is 2.19. The zero-order valence-corrected chi connectivity index (χ0v) is 10.6. The fraction of sp³-hybridized carbons (Fsp3) is 0.500. The molecule has 104 valence electrons. The Bertz CT molecular complexity index is 429. The number of hydrogen-bond donors (Lipinski definition) is 0. The molecule has 0 unspecified atom stereocenters. The van der Waals surface area contributed by atoms with Crippen LogP contribution in [0, 0.1) is 0 Å². The number of rotatable bonds is 3. The van der Waals surface area contributed by atoms with Crippen molar-refractivity contribution < 1.29 is 18.3 Å². The number of carbonyl (C=O) groups excluding carboxylic acids is 1. The van der Waals surface area contributed by atoms with Crippen molar-refractivity contribution in [3.8, 4) is 5.75 Å². The normalized spacial score (nSPS) is 16.3. The summed E-state index contributed by atoms with van der Waals surface area (Å²) in [7, 11) is 0. The number of amides is 1. The lowest BCUT2D eigenvalue weighted by molar-refractivity contribution is -0.0499. The Balaban J connectivity index is 2.09. The number of alkyl halides is 2. The molecule has 0 atom stereocenters. The Morgan fingerprint density at radius 2 is 1.84 bits per heavy atom. The predicted molar refractivity (Wildman–Crippen MR) is 67.4 cm³/mol. The van der Waals surface area contributed by atoms with Crippen LogP contribution in [0.5, 0.6) is 5.75 Å². The SMILES string of the molecule is O=C(c1cccc(OC(F)F)c1)N1CCCCCC1. The fourth-order valence-electron chi connectivity index (χ4n) is 2.26.